The Hall–Kier alpha value is -3.79. The van der Waals surface area contributed by atoms with Crippen LogP contribution in [0.2, 0.25) is 0 Å². The van der Waals surface area contributed by atoms with Crippen LogP contribution < -0.4 is 4.90 Å². The predicted octanol–water partition coefficient (Wildman–Crippen LogP) is 6.43. The van der Waals surface area contributed by atoms with Gasteiger partial charge in [-0.15, -0.1) is 0 Å². The van der Waals surface area contributed by atoms with E-state index in [1.54, 1.807) is 0 Å². The average Bonchev–Trinajstić information content (AvgIpc) is 3.42. The van der Waals surface area contributed by atoms with Crippen molar-refractivity contribution in [3.05, 3.63) is 90.5 Å². The summed E-state index contributed by atoms with van der Waals surface area (Å²) in [5.41, 5.74) is 6.39. The Labute approximate surface area is 173 Å². The molecule has 0 fully saturated rings. The molecule has 0 bridgehead atoms. The van der Waals surface area contributed by atoms with Crippen LogP contribution in [0.3, 0.4) is 0 Å². The maximum Gasteiger partial charge on any atom is 0.212 e. The van der Waals surface area contributed by atoms with Gasteiger partial charge >= 0.3 is 0 Å². The first-order valence-electron chi connectivity index (χ1n) is 10.3. The van der Waals surface area contributed by atoms with Gasteiger partial charge in [-0.05, 0) is 42.8 Å². The number of hydrogen-bond donors (Lipinski definition) is 0. The van der Waals surface area contributed by atoms with Crippen molar-refractivity contribution in [1.82, 2.24) is 9.55 Å². The number of fused-ring (bicyclic) bond motifs is 8. The SMILES string of the molecule is Cc1cc(N2c3nc4ccccc4n3C3C=CC=CC32)cc2c1oc1ccccc12. The van der Waals surface area contributed by atoms with Crippen molar-refractivity contribution in [3.63, 3.8) is 0 Å². The summed E-state index contributed by atoms with van der Waals surface area (Å²) in [5.74, 6) is 0.994. The van der Waals surface area contributed by atoms with Gasteiger partial charge in [-0.25, -0.2) is 4.98 Å². The van der Waals surface area contributed by atoms with Crippen molar-refractivity contribution >= 4 is 44.6 Å². The zero-order chi connectivity index (χ0) is 19.8. The largest absolute Gasteiger partial charge is 0.456 e. The highest BCUT2D eigenvalue weighted by molar-refractivity contribution is 6.07. The predicted molar refractivity (Wildman–Crippen MR) is 121 cm³/mol. The number of aromatic nitrogens is 2. The minimum atomic E-state index is 0.206. The molecule has 2 aliphatic rings. The fourth-order valence-electron chi connectivity index (χ4n) is 5.10. The zero-order valence-electron chi connectivity index (χ0n) is 16.5. The van der Waals surface area contributed by atoms with E-state index in [4.69, 9.17) is 9.40 Å². The van der Waals surface area contributed by atoms with E-state index in [0.29, 0.717) is 0 Å². The third kappa shape index (κ3) is 1.98. The fourth-order valence-corrected chi connectivity index (χ4v) is 5.10. The van der Waals surface area contributed by atoms with E-state index in [2.05, 4.69) is 89.2 Å². The Morgan fingerprint density at radius 1 is 0.867 bits per heavy atom. The van der Waals surface area contributed by atoms with E-state index in [1.807, 2.05) is 12.1 Å². The van der Waals surface area contributed by atoms with Crippen LogP contribution >= 0.6 is 0 Å². The van der Waals surface area contributed by atoms with Crippen LogP contribution in [0.25, 0.3) is 33.0 Å². The van der Waals surface area contributed by atoms with Crippen LogP contribution in [0.5, 0.6) is 0 Å². The van der Waals surface area contributed by atoms with Crippen LogP contribution in [0.1, 0.15) is 11.6 Å². The topological polar surface area (TPSA) is 34.2 Å². The third-order valence-corrected chi connectivity index (χ3v) is 6.39. The first-order valence-corrected chi connectivity index (χ1v) is 10.3. The van der Waals surface area contributed by atoms with Gasteiger partial charge in [0.1, 0.15) is 11.2 Å². The number of hydrogen-bond acceptors (Lipinski definition) is 3. The van der Waals surface area contributed by atoms with Gasteiger partial charge in [0, 0.05) is 16.5 Å². The molecule has 30 heavy (non-hydrogen) atoms. The molecule has 0 radical (unpaired) electrons. The molecule has 0 N–H and O–H groups in total. The summed E-state index contributed by atoms with van der Waals surface area (Å²) >= 11 is 0. The number of allylic oxidation sites excluding steroid dienone is 2. The second-order valence-corrected chi connectivity index (χ2v) is 8.13. The molecule has 1 aliphatic heterocycles. The third-order valence-electron chi connectivity index (χ3n) is 6.39. The van der Waals surface area contributed by atoms with Crippen molar-refractivity contribution in [2.24, 2.45) is 0 Å². The molecule has 7 rings (SSSR count). The number of para-hydroxylation sites is 3. The molecule has 2 atom stereocenters. The lowest BCUT2D eigenvalue weighted by Gasteiger charge is -2.27. The lowest BCUT2D eigenvalue weighted by Crippen LogP contribution is -2.29. The van der Waals surface area contributed by atoms with Gasteiger partial charge in [0.15, 0.2) is 0 Å². The lowest BCUT2D eigenvalue weighted by molar-refractivity contribution is 0.624. The zero-order valence-corrected chi connectivity index (χ0v) is 16.5. The minimum absolute atomic E-state index is 0.206. The second-order valence-electron chi connectivity index (χ2n) is 8.13. The van der Waals surface area contributed by atoms with Crippen LogP contribution in [-0.2, 0) is 0 Å². The van der Waals surface area contributed by atoms with E-state index in [-0.39, 0.29) is 12.1 Å². The summed E-state index contributed by atoms with van der Waals surface area (Å²) in [6, 6.07) is 21.6. The second kappa shape index (κ2) is 5.63. The Morgan fingerprint density at radius 2 is 1.67 bits per heavy atom. The molecular weight excluding hydrogens is 370 g/mol. The molecule has 144 valence electrons. The molecule has 0 saturated heterocycles. The Balaban J connectivity index is 1.52. The molecule has 5 aromatic rings. The number of anilines is 2. The highest BCUT2D eigenvalue weighted by Crippen LogP contribution is 2.46. The van der Waals surface area contributed by atoms with Crippen molar-refractivity contribution in [1.29, 1.82) is 0 Å². The molecule has 2 aromatic heterocycles. The number of rotatable bonds is 1. The van der Waals surface area contributed by atoms with Gasteiger partial charge in [-0.1, -0.05) is 54.6 Å². The molecule has 0 spiro atoms. The molecule has 2 unspecified atom stereocenters. The number of imidazole rings is 1. The molecular formula is C26H19N3O. The van der Waals surface area contributed by atoms with Gasteiger partial charge in [0.2, 0.25) is 5.95 Å². The normalized spacial score (nSPS) is 19.8. The summed E-state index contributed by atoms with van der Waals surface area (Å²) in [7, 11) is 0. The summed E-state index contributed by atoms with van der Waals surface area (Å²) in [6.07, 6.45) is 8.84. The van der Waals surface area contributed by atoms with E-state index in [9.17, 15) is 0 Å². The van der Waals surface area contributed by atoms with Crippen molar-refractivity contribution in [2.45, 2.75) is 19.0 Å². The van der Waals surface area contributed by atoms with E-state index in [1.165, 1.54) is 5.52 Å². The van der Waals surface area contributed by atoms with Crippen molar-refractivity contribution in [3.8, 4) is 0 Å². The maximum absolute atomic E-state index is 6.16. The first kappa shape index (κ1) is 16.1. The highest BCUT2D eigenvalue weighted by atomic mass is 16.3. The number of aryl methyl sites for hydroxylation is 1. The first-order chi connectivity index (χ1) is 14.8. The Morgan fingerprint density at radius 3 is 2.60 bits per heavy atom. The van der Waals surface area contributed by atoms with Crippen molar-refractivity contribution < 1.29 is 4.42 Å². The smallest absolute Gasteiger partial charge is 0.212 e. The van der Waals surface area contributed by atoms with Crippen LogP contribution in [0, 0.1) is 6.92 Å². The lowest BCUT2D eigenvalue weighted by atomic mass is 10.0. The fraction of sp³-hybridized carbons (Fsp3) is 0.115. The minimum Gasteiger partial charge on any atom is -0.456 e. The van der Waals surface area contributed by atoms with E-state index in [0.717, 1.165) is 44.7 Å². The van der Waals surface area contributed by atoms with E-state index >= 15 is 0 Å². The monoisotopic (exact) mass is 389 g/mol. The molecule has 3 aromatic carbocycles. The highest BCUT2D eigenvalue weighted by Gasteiger charge is 2.40. The van der Waals surface area contributed by atoms with Crippen LogP contribution in [0.4, 0.5) is 11.6 Å². The number of nitrogens with zero attached hydrogens (tertiary/aromatic N) is 3. The molecule has 4 heteroatoms. The summed E-state index contributed by atoms with van der Waals surface area (Å²) in [6.45, 7) is 2.13. The molecule has 4 nitrogen and oxygen atoms in total. The number of furan rings is 1. The van der Waals surface area contributed by atoms with Gasteiger partial charge < -0.3 is 13.9 Å². The average molecular weight is 389 g/mol. The summed E-state index contributed by atoms with van der Waals surface area (Å²) < 4.78 is 8.53. The molecule has 0 saturated carbocycles. The van der Waals surface area contributed by atoms with Crippen LogP contribution in [-0.4, -0.2) is 15.6 Å². The maximum atomic E-state index is 6.16. The summed E-state index contributed by atoms with van der Waals surface area (Å²) in [5, 5.41) is 2.31. The molecule has 3 heterocycles. The number of benzene rings is 3. The van der Waals surface area contributed by atoms with Gasteiger partial charge in [-0.2, -0.15) is 0 Å². The Bertz CT molecular complexity index is 1530. The van der Waals surface area contributed by atoms with E-state index < -0.39 is 0 Å². The van der Waals surface area contributed by atoms with Gasteiger partial charge in [0.25, 0.3) is 0 Å². The Kier molecular flexibility index (Phi) is 3.02. The van der Waals surface area contributed by atoms with Crippen molar-refractivity contribution in [2.75, 3.05) is 4.90 Å². The quantitative estimate of drug-likeness (QED) is 0.331. The van der Waals surface area contributed by atoms with Gasteiger partial charge in [0.05, 0.1) is 23.1 Å². The van der Waals surface area contributed by atoms with Crippen LogP contribution in [0.15, 0.2) is 89.4 Å². The molecule has 0 amide bonds. The standard InChI is InChI=1S/C26H19N3O/c1-16-14-17(15-19-18-8-2-7-13-24(18)30-25(16)19)28-22-11-5-6-12-23(22)29-21-10-4-3-9-20(21)27-26(28)29/h2-15,22-23H,1H3. The molecule has 1 aliphatic carbocycles. The summed E-state index contributed by atoms with van der Waals surface area (Å²) in [4.78, 5) is 7.41. The van der Waals surface area contributed by atoms with Gasteiger partial charge in [-0.3, -0.25) is 0 Å².